The van der Waals surface area contributed by atoms with Crippen LogP contribution in [-0.4, -0.2) is 55.7 Å². The summed E-state index contributed by atoms with van der Waals surface area (Å²) in [6.07, 6.45) is 9.00. The van der Waals surface area contributed by atoms with Gasteiger partial charge in [0.25, 0.3) is 0 Å². The molecule has 0 amide bonds. The molecule has 2 aliphatic heterocycles. The molecule has 2 aliphatic rings. The highest BCUT2D eigenvalue weighted by molar-refractivity contribution is 8.18. The lowest BCUT2D eigenvalue weighted by atomic mass is 9.97. The first kappa shape index (κ1) is 22.4. The molecule has 2 fully saturated rings. The quantitative estimate of drug-likeness (QED) is 0.393. The lowest BCUT2D eigenvalue weighted by Gasteiger charge is -2.32. The molecule has 0 radical (unpaired) electrons. The molecule has 0 aromatic carbocycles. The Morgan fingerprint density at radius 2 is 2.00 bits per heavy atom. The maximum absolute atomic E-state index is 11.9. The number of hydrogen-bond acceptors (Lipinski definition) is 9. The Bertz CT molecular complexity index is 1200. The number of piperidine rings is 1. The number of H-pyrrole nitrogens is 1. The van der Waals surface area contributed by atoms with Crippen molar-refractivity contribution in [2.45, 2.75) is 25.8 Å². The van der Waals surface area contributed by atoms with Crippen molar-refractivity contribution in [2.24, 2.45) is 5.92 Å². The van der Waals surface area contributed by atoms with Gasteiger partial charge >= 0.3 is 0 Å². The summed E-state index contributed by atoms with van der Waals surface area (Å²) in [5.74, 6) is 1.11. The number of aromatic nitrogens is 5. The van der Waals surface area contributed by atoms with Crippen LogP contribution in [0.1, 0.15) is 30.5 Å². The van der Waals surface area contributed by atoms with E-state index in [1.54, 1.807) is 30.7 Å². The molecule has 0 bridgehead atoms. The molecule has 34 heavy (non-hydrogen) atoms. The van der Waals surface area contributed by atoms with E-state index in [9.17, 15) is 9.59 Å². The number of allylic oxidation sites excluding steroid dienone is 1. The molecule has 0 saturated carbocycles. The standard InChI is InChI=1S/C24H25N7O2S/c32-20-13-22(33)34-21(20)12-18-3-8-27-24(29-18)31-10-5-16(6-11-31)14-25-15-17-2-1-7-26-23(17)19-4-9-28-30-19/h1-4,7-9,12,16,25H,5-6,10-11,13-15H2,(H,28,30)/b21-12-. The first-order chi connectivity index (χ1) is 16.7. The number of nitrogens with one attached hydrogen (secondary N) is 2. The van der Waals surface area contributed by atoms with Crippen LogP contribution < -0.4 is 10.2 Å². The fourth-order valence-corrected chi connectivity index (χ4v) is 5.05. The first-order valence-electron chi connectivity index (χ1n) is 11.3. The predicted molar refractivity (Wildman–Crippen MR) is 131 cm³/mol. The number of carbonyl (C=O) groups excluding carboxylic acids is 2. The molecular formula is C24H25N7O2S. The minimum absolute atomic E-state index is 0.0265. The van der Waals surface area contributed by atoms with Gasteiger partial charge in [-0.1, -0.05) is 6.07 Å². The summed E-state index contributed by atoms with van der Waals surface area (Å²) in [6.45, 7) is 3.45. The van der Waals surface area contributed by atoms with Crippen molar-refractivity contribution in [1.29, 1.82) is 0 Å². The average molecular weight is 476 g/mol. The van der Waals surface area contributed by atoms with Gasteiger partial charge in [-0.15, -0.1) is 0 Å². The number of nitrogens with zero attached hydrogens (tertiary/aromatic N) is 5. The number of anilines is 1. The molecule has 3 aromatic rings. The second-order valence-electron chi connectivity index (χ2n) is 8.41. The zero-order chi connectivity index (χ0) is 23.3. The molecule has 0 unspecified atom stereocenters. The molecule has 0 spiro atoms. The summed E-state index contributed by atoms with van der Waals surface area (Å²) in [4.78, 5) is 39.6. The number of Topliss-reactive ketones (excluding diaryl/α,β-unsaturated/α-hetero) is 1. The van der Waals surface area contributed by atoms with Crippen LogP contribution in [0.25, 0.3) is 17.5 Å². The Morgan fingerprint density at radius 3 is 2.76 bits per heavy atom. The van der Waals surface area contributed by atoms with Gasteiger partial charge in [0.2, 0.25) is 11.1 Å². The molecule has 2 saturated heterocycles. The Morgan fingerprint density at radius 1 is 1.12 bits per heavy atom. The number of pyridine rings is 1. The molecule has 3 aromatic heterocycles. The lowest BCUT2D eigenvalue weighted by Crippen LogP contribution is -2.38. The van der Waals surface area contributed by atoms with Gasteiger partial charge in [-0.3, -0.25) is 19.7 Å². The molecule has 5 rings (SSSR count). The maximum Gasteiger partial charge on any atom is 0.225 e. The second kappa shape index (κ2) is 10.3. The monoisotopic (exact) mass is 475 g/mol. The lowest BCUT2D eigenvalue weighted by molar-refractivity contribution is -0.119. The number of rotatable bonds is 7. The highest BCUT2D eigenvalue weighted by Gasteiger charge is 2.26. The Balaban J connectivity index is 1.13. The minimum atomic E-state index is -0.133. The van der Waals surface area contributed by atoms with Gasteiger partial charge in [0, 0.05) is 38.2 Å². The van der Waals surface area contributed by atoms with E-state index in [4.69, 9.17) is 0 Å². The van der Waals surface area contributed by atoms with Crippen LogP contribution in [0, 0.1) is 5.92 Å². The van der Waals surface area contributed by atoms with Gasteiger partial charge in [0.1, 0.15) is 0 Å². The minimum Gasteiger partial charge on any atom is -0.341 e. The highest BCUT2D eigenvalue weighted by atomic mass is 32.2. The van der Waals surface area contributed by atoms with Crippen LogP contribution in [0.2, 0.25) is 0 Å². The van der Waals surface area contributed by atoms with E-state index in [2.05, 4.69) is 41.4 Å². The Hall–Kier alpha value is -3.37. The van der Waals surface area contributed by atoms with Gasteiger partial charge in [-0.05, 0) is 66.9 Å². The molecular weight excluding hydrogens is 450 g/mol. The van der Waals surface area contributed by atoms with Gasteiger partial charge in [-0.2, -0.15) is 5.10 Å². The van der Waals surface area contributed by atoms with E-state index >= 15 is 0 Å². The van der Waals surface area contributed by atoms with E-state index in [-0.39, 0.29) is 17.3 Å². The maximum atomic E-state index is 11.9. The number of carbonyl (C=O) groups is 2. The largest absolute Gasteiger partial charge is 0.341 e. The fourth-order valence-electron chi connectivity index (χ4n) is 4.23. The van der Waals surface area contributed by atoms with Crippen LogP contribution in [0.4, 0.5) is 5.95 Å². The molecule has 0 atom stereocenters. The molecule has 9 nitrogen and oxygen atoms in total. The van der Waals surface area contributed by atoms with Crippen molar-refractivity contribution < 1.29 is 9.59 Å². The third-order valence-electron chi connectivity index (χ3n) is 6.04. The first-order valence-corrected chi connectivity index (χ1v) is 12.2. The number of ketones is 1. The van der Waals surface area contributed by atoms with E-state index in [1.165, 1.54) is 0 Å². The highest BCUT2D eigenvalue weighted by Crippen LogP contribution is 2.30. The Labute approximate surface area is 201 Å². The summed E-state index contributed by atoms with van der Waals surface area (Å²) in [5.41, 5.74) is 3.65. The van der Waals surface area contributed by atoms with Gasteiger partial charge in [0.05, 0.1) is 28.4 Å². The summed E-state index contributed by atoms with van der Waals surface area (Å²) < 4.78 is 0. The van der Waals surface area contributed by atoms with Gasteiger partial charge in [0.15, 0.2) is 5.78 Å². The van der Waals surface area contributed by atoms with Gasteiger partial charge in [-0.25, -0.2) is 9.97 Å². The van der Waals surface area contributed by atoms with E-state index in [1.807, 2.05) is 12.1 Å². The number of aromatic amines is 1. The van der Waals surface area contributed by atoms with Crippen LogP contribution in [-0.2, 0) is 16.1 Å². The van der Waals surface area contributed by atoms with Crippen molar-refractivity contribution in [3.63, 3.8) is 0 Å². The van der Waals surface area contributed by atoms with Gasteiger partial charge < -0.3 is 10.2 Å². The summed E-state index contributed by atoms with van der Waals surface area (Å²) in [5, 5.41) is 10.5. The van der Waals surface area contributed by atoms with E-state index in [0.717, 1.165) is 67.7 Å². The second-order valence-corrected chi connectivity index (χ2v) is 9.51. The van der Waals surface area contributed by atoms with Crippen molar-refractivity contribution in [3.8, 4) is 11.4 Å². The average Bonchev–Trinajstić information content (AvgIpc) is 3.50. The third-order valence-corrected chi connectivity index (χ3v) is 6.98. The van der Waals surface area contributed by atoms with Crippen molar-refractivity contribution >= 4 is 34.7 Å². The van der Waals surface area contributed by atoms with E-state index in [0.29, 0.717) is 22.5 Å². The Kier molecular flexibility index (Phi) is 6.77. The molecule has 174 valence electrons. The van der Waals surface area contributed by atoms with Crippen LogP contribution in [0.3, 0.4) is 0 Å². The van der Waals surface area contributed by atoms with Crippen LogP contribution in [0.15, 0.2) is 47.8 Å². The normalized spacial score (nSPS) is 18.2. The molecule has 10 heteroatoms. The van der Waals surface area contributed by atoms with Crippen molar-refractivity contribution in [2.75, 3.05) is 24.5 Å². The van der Waals surface area contributed by atoms with Crippen molar-refractivity contribution in [3.05, 3.63) is 59.0 Å². The molecule has 2 N–H and O–H groups in total. The zero-order valence-corrected chi connectivity index (χ0v) is 19.4. The zero-order valence-electron chi connectivity index (χ0n) is 18.6. The smallest absolute Gasteiger partial charge is 0.225 e. The number of hydrogen-bond donors (Lipinski definition) is 2. The van der Waals surface area contributed by atoms with Crippen molar-refractivity contribution in [1.82, 2.24) is 30.5 Å². The fraction of sp³-hybridized carbons (Fsp3) is 0.333. The third kappa shape index (κ3) is 5.23. The van der Waals surface area contributed by atoms with E-state index < -0.39 is 0 Å². The van der Waals surface area contributed by atoms with Crippen LogP contribution >= 0.6 is 11.8 Å². The SMILES string of the molecule is O=C1CC(=O)/C(=C/c2ccnc(N3CCC(CNCc4cccnc4-c4ccn[nH]4)CC3)n2)S1. The molecule has 5 heterocycles. The van der Waals surface area contributed by atoms with Crippen LogP contribution in [0.5, 0.6) is 0 Å². The summed E-state index contributed by atoms with van der Waals surface area (Å²) >= 11 is 0.999. The molecule has 0 aliphatic carbocycles. The topological polar surface area (TPSA) is 117 Å². The summed E-state index contributed by atoms with van der Waals surface area (Å²) in [6, 6.07) is 7.74. The predicted octanol–water partition coefficient (Wildman–Crippen LogP) is 2.84. The summed E-state index contributed by atoms with van der Waals surface area (Å²) in [7, 11) is 0. The number of thioether (sulfide) groups is 1.